The number of hydrogen-bond donors (Lipinski definition) is 2. The van der Waals surface area contributed by atoms with Gasteiger partial charge in [0.05, 0.1) is 12.5 Å². The predicted octanol–water partition coefficient (Wildman–Crippen LogP) is 4.95. The number of hydrogen-bond acceptors (Lipinski definition) is 3. The van der Waals surface area contributed by atoms with Crippen molar-refractivity contribution in [2.24, 2.45) is 17.3 Å². The van der Waals surface area contributed by atoms with Gasteiger partial charge >= 0.3 is 6.09 Å². The average Bonchev–Trinajstić information content (AvgIpc) is 3.10. The molecule has 1 aliphatic carbocycles. The van der Waals surface area contributed by atoms with Crippen molar-refractivity contribution in [2.45, 2.75) is 34.1 Å². The first-order chi connectivity index (χ1) is 12.6. The lowest BCUT2D eigenvalue weighted by molar-refractivity contribution is -0.123. The number of benzene rings is 1. The highest BCUT2D eigenvalue weighted by molar-refractivity contribution is 6.55. The maximum atomic E-state index is 12.3. The zero-order valence-corrected chi connectivity index (χ0v) is 17.6. The van der Waals surface area contributed by atoms with Gasteiger partial charge in [0.25, 0.3) is 0 Å². The molecule has 7 heteroatoms. The summed E-state index contributed by atoms with van der Waals surface area (Å²) in [6.07, 6.45) is 1.75. The van der Waals surface area contributed by atoms with Crippen molar-refractivity contribution < 1.29 is 14.3 Å². The molecule has 0 radical (unpaired) electrons. The van der Waals surface area contributed by atoms with Crippen molar-refractivity contribution in [1.82, 2.24) is 5.32 Å². The average molecular weight is 413 g/mol. The molecule has 0 unspecified atom stereocenters. The number of aryl methyl sites for hydroxylation is 2. The van der Waals surface area contributed by atoms with Crippen molar-refractivity contribution in [1.29, 1.82) is 0 Å². The van der Waals surface area contributed by atoms with Crippen LogP contribution in [0.5, 0.6) is 0 Å². The minimum atomic E-state index is -0.500. The zero-order chi connectivity index (χ0) is 20.2. The lowest BCUT2D eigenvalue weighted by Gasteiger charge is -2.10. The Labute approximate surface area is 170 Å². The van der Waals surface area contributed by atoms with E-state index >= 15 is 0 Å². The van der Waals surface area contributed by atoms with Crippen molar-refractivity contribution in [3.8, 4) is 0 Å². The minimum absolute atomic E-state index is 0.0318. The Hall–Kier alpha value is -1.72. The van der Waals surface area contributed by atoms with E-state index in [2.05, 4.69) is 10.6 Å². The molecule has 0 aromatic heterocycles. The number of halogens is 2. The van der Waals surface area contributed by atoms with Gasteiger partial charge in [0.1, 0.15) is 4.49 Å². The summed E-state index contributed by atoms with van der Waals surface area (Å²) in [4.78, 5) is 24.1. The lowest BCUT2D eigenvalue weighted by Crippen LogP contribution is -2.28. The Morgan fingerprint density at radius 2 is 1.96 bits per heavy atom. The standard InChI is InChI=1S/C20H26Cl2N2O3/c1-12-6-7-13(2)15(10-12)24-19(26)27-9-5-8-23-18(25)17-14(11-16(21)22)20(17,3)4/h6-7,10-11,14,17H,5,8-9H2,1-4H3,(H,23,25)(H,24,26)/t14-,17-/m1/s1. The summed E-state index contributed by atoms with van der Waals surface area (Å²) in [6.45, 7) is 8.56. The maximum Gasteiger partial charge on any atom is 0.411 e. The van der Waals surface area contributed by atoms with Crippen LogP contribution < -0.4 is 10.6 Å². The first-order valence-corrected chi connectivity index (χ1v) is 9.70. The Morgan fingerprint density at radius 3 is 2.63 bits per heavy atom. The van der Waals surface area contributed by atoms with Crippen molar-refractivity contribution in [2.75, 3.05) is 18.5 Å². The number of carbonyl (C=O) groups is 2. The van der Waals surface area contributed by atoms with Crippen molar-refractivity contribution in [3.05, 3.63) is 39.9 Å². The van der Waals surface area contributed by atoms with Crippen LogP contribution in [-0.4, -0.2) is 25.2 Å². The van der Waals surface area contributed by atoms with Gasteiger partial charge in [-0.05, 0) is 54.9 Å². The Kier molecular flexibility index (Phi) is 7.18. The summed E-state index contributed by atoms with van der Waals surface area (Å²) in [6, 6.07) is 5.82. The second kappa shape index (κ2) is 8.98. The van der Waals surface area contributed by atoms with Crippen LogP contribution in [0.2, 0.25) is 0 Å². The number of amides is 2. The van der Waals surface area contributed by atoms with Gasteiger partial charge in [0, 0.05) is 12.2 Å². The van der Waals surface area contributed by atoms with Gasteiger partial charge in [0.15, 0.2) is 0 Å². The van der Waals surface area contributed by atoms with Crippen LogP contribution in [0.25, 0.3) is 0 Å². The number of nitrogens with one attached hydrogen (secondary N) is 2. The van der Waals surface area contributed by atoms with Crippen LogP contribution in [0.3, 0.4) is 0 Å². The molecular weight excluding hydrogens is 387 g/mol. The third kappa shape index (κ3) is 5.88. The highest BCUT2D eigenvalue weighted by Crippen LogP contribution is 2.59. The van der Waals surface area contributed by atoms with E-state index in [1.807, 2.05) is 45.9 Å². The molecule has 27 heavy (non-hydrogen) atoms. The molecule has 1 saturated carbocycles. The largest absolute Gasteiger partial charge is 0.449 e. The van der Waals surface area contributed by atoms with E-state index < -0.39 is 6.09 Å². The number of allylic oxidation sites excluding steroid dienone is 1. The monoisotopic (exact) mass is 412 g/mol. The summed E-state index contributed by atoms with van der Waals surface area (Å²) in [5, 5.41) is 5.61. The summed E-state index contributed by atoms with van der Waals surface area (Å²) >= 11 is 11.4. The van der Waals surface area contributed by atoms with Gasteiger partial charge in [0.2, 0.25) is 5.91 Å². The quantitative estimate of drug-likeness (QED) is 0.622. The van der Waals surface area contributed by atoms with Crippen molar-refractivity contribution in [3.63, 3.8) is 0 Å². The molecule has 1 fully saturated rings. The maximum absolute atomic E-state index is 12.3. The molecule has 0 saturated heterocycles. The van der Waals surface area contributed by atoms with E-state index in [0.717, 1.165) is 16.8 Å². The van der Waals surface area contributed by atoms with E-state index in [4.69, 9.17) is 27.9 Å². The number of carbonyl (C=O) groups excluding carboxylic acids is 2. The van der Waals surface area contributed by atoms with Crippen LogP contribution in [0, 0.1) is 31.1 Å². The third-order valence-corrected chi connectivity index (χ3v) is 5.23. The molecular formula is C20H26Cl2N2O3. The van der Waals surface area contributed by atoms with Crippen molar-refractivity contribution >= 4 is 40.9 Å². The van der Waals surface area contributed by atoms with E-state index in [9.17, 15) is 9.59 Å². The minimum Gasteiger partial charge on any atom is -0.449 e. The van der Waals surface area contributed by atoms with E-state index in [-0.39, 0.29) is 34.3 Å². The van der Waals surface area contributed by atoms with Crippen LogP contribution in [-0.2, 0) is 9.53 Å². The molecule has 0 aliphatic heterocycles. The molecule has 0 heterocycles. The van der Waals surface area contributed by atoms with E-state index in [1.54, 1.807) is 6.08 Å². The predicted molar refractivity (Wildman–Crippen MR) is 109 cm³/mol. The van der Waals surface area contributed by atoms with Gasteiger partial charge in [-0.2, -0.15) is 0 Å². The van der Waals surface area contributed by atoms with Gasteiger partial charge in [-0.1, -0.05) is 49.2 Å². The number of anilines is 1. The fourth-order valence-corrected chi connectivity index (χ4v) is 3.47. The van der Waals surface area contributed by atoms with Gasteiger partial charge in [-0.15, -0.1) is 0 Å². The molecule has 148 valence electrons. The van der Waals surface area contributed by atoms with Crippen LogP contribution in [0.4, 0.5) is 10.5 Å². The number of rotatable bonds is 7. The van der Waals surface area contributed by atoms with Crippen LogP contribution in [0.1, 0.15) is 31.4 Å². The highest BCUT2D eigenvalue weighted by Gasteiger charge is 2.60. The molecule has 2 amide bonds. The van der Waals surface area contributed by atoms with Crippen LogP contribution in [0.15, 0.2) is 28.8 Å². The molecule has 2 rings (SSSR count). The molecule has 0 bridgehead atoms. The van der Waals surface area contributed by atoms with Gasteiger partial charge in [-0.3, -0.25) is 10.1 Å². The van der Waals surface area contributed by atoms with Gasteiger partial charge in [-0.25, -0.2) is 4.79 Å². The third-order valence-electron chi connectivity index (χ3n) is 4.98. The van der Waals surface area contributed by atoms with Gasteiger partial charge < -0.3 is 10.1 Å². The summed E-state index contributed by atoms with van der Waals surface area (Å²) in [5.74, 6) is -0.128. The summed E-state index contributed by atoms with van der Waals surface area (Å²) in [5.41, 5.74) is 2.62. The smallest absolute Gasteiger partial charge is 0.411 e. The fraction of sp³-hybridized carbons (Fsp3) is 0.500. The molecule has 0 spiro atoms. The van der Waals surface area contributed by atoms with E-state index in [1.165, 1.54) is 0 Å². The Bertz CT molecular complexity index is 743. The van der Waals surface area contributed by atoms with E-state index in [0.29, 0.717) is 13.0 Å². The van der Waals surface area contributed by atoms with Crippen LogP contribution >= 0.6 is 23.2 Å². The molecule has 1 aromatic carbocycles. The lowest BCUT2D eigenvalue weighted by atomic mass is 10.1. The molecule has 5 nitrogen and oxygen atoms in total. The molecule has 1 aromatic rings. The zero-order valence-electron chi connectivity index (χ0n) is 16.1. The second-order valence-corrected chi connectivity index (χ2v) is 8.51. The molecule has 2 N–H and O–H groups in total. The Morgan fingerprint density at radius 1 is 1.26 bits per heavy atom. The number of ether oxygens (including phenoxy) is 1. The summed E-state index contributed by atoms with van der Waals surface area (Å²) in [7, 11) is 0. The molecule has 1 aliphatic rings. The highest BCUT2D eigenvalue weighted by atomic mass is 35.5. The first kappa shape index (κ1) is 21.6. The Balaban J connectivity index is 1.67. The second-order valence-electron chi connectivity index (χ2n) is 7.51. The first-order valence-electron chi connectivity index (χ1n) is 8.94. The fourth-order valence-electron chi connectivity index (χ4n) is 3.20. The SMILES string of the molecule is Cc1ccc(C)c(NC(=O)OCCCNC(=O)[C@H]2[C@@H](C=C(Cl)Cl)C2(C)C)c1. The summed E-state index contributed by atoms with van der Waals surface area (Å²) < 4.78 is 5.35. The normalized spacial score (nSPS) is 19.8. The topological polar surface area (TPSA) is 67.4 Å². The molecule has 2 atom stereocenters.